The highest BCUT2D eigenvalue weighted by Crippen LogP contribution is 2.36. The number of carboxylic acids is 1. The van der Waals surface area contributed by atoms with E-state index in [4.69, 9.17) is 14.2 Å². The quantitative estimate of drug-likeness (QED) is 0.443. The molecule has 26 heavy (non-hydrogen) atoms. The lowest BCUT2D eigenvalue weighted by Gasteiger charge is -2.26. The van der Waals surface area contributed by atoms with E-state index in [2.05, 4.69) is 0 Å². The zero-order chi connectivity index (χ0) is 19.3. The van der Waals surface area contributed by atoms with Gasteiger partial charge in [0, 0.05) is 0 Å². The molecule has 9 heteroatoms. The Morgan fingerprint density at radius 2 is 1.73 bits per heavy atom. The summed E-state index contributed by atoms with van der Waals surface area (Å²) >= 11 is 0. The number of ether oxygens (including phenoxy) is 3. The first-order valence-corrected chi connectivity index (χ1v) is 8.17. The molecule has 0 spiro atoms. The molecular weight excluding hydrogens is 346 g/mol. The summed E-state index contributed by atoms with van der Waals surface area (Å²) in [5.41, 5.74) is -0.127. The third kappa shape index (κ3) is 4.22. The molecular formula is C17H21NO8. The van der Waals surface area contributed by atoms with Crippen molar-refractivity contribution in [3.63, 3.8) is 0 Å². The SMILES string of the molecule is COc1cc(COC(=O)[C@@H]2CCCC[C@H]2C(=O)O)c([N+](=O)[O-])cc1OC. The van der Waals surface area contributed by atoms with Gasteiger partial charge in [-0.2, -0.15) is 0 Å². The van der Waals surface area contributed by atoms with Crippen LogP contribution >= 0.6 is 0 Å². The van der Waals surface area contributed by atoms with Gasteiger partial charge >= 0.3 is 11.9 Å². The molecule has 0 aliphatic heterocycles. The minimum Gasteiger partial charge on any atom is -0.493 e. The molecule has 142 valence electrons. The number of nitro benzene ring substituents is 1. The van der Waals surface area contributed by atoms with Crippen molar-refractivity contribution in [2.45, 2.75) is 32.3 Å². The average molecular weight is 367 g/mol. The summed E-state index contributed by atoms with van der Waals surface area (Å²) in [6, 6.07) is 2.57. The second-order valence-corrected chi connectivity index (χ2v) is 6.04. The van der Waals surface area contributed by atoms with Crippen LogP contribution in [0.2, 0.25) is 0 Å². The van der Waals surface area contributed by atoms with E-state index >= 15 is 0 Å². The molecule has 0 aromatic heterocycles. The number of rotatable bonds is 7. The fraction of sp³-hybridized carbons (Fsp3) is 0.529. The van der Waals surface area contributed by atoms with E-state index in [0.717, 1.165) is 12.8 Å². The van der Waals surface area contributed by atoms with Crippen LogP contribution < -0.4 is 9.47 Å². The predicted molar refractivity (Wildman–Crippen MR) is 89.1 cm³/mol. The number of nitro groups is 1. The lowest BCUT2D eigenvalue weighted by Crippen LogP contribution is -2.33. The number of aliphatic carboxylic acids is 1. The van der Waals surface area contributed by atoms with Crippen molar-refractivity contribution in [1.82, 2.24) is 0 Å². The van der Waals surface area contributed by atoms with E-state index in [0.29, 0.717) is 12.8 Å². The predicted octanol–water partition coefficient (Wildman–Crippen LogP) is 2.55. The Morgan fingerprint density at radius 1 is 1.15 bits per heavy atom. The smallest absolute Gasteiger partial charge is 0.310 e. The molecule has 0 bridgehead atoms. The molecule has 0 amide bonds. The molecule has 2 rings (SSSR count). The largest absolute Gasteiger partial charge is 0.493 e. The van der Waals surface area contributed by atoms with Gasteiger partial charge < -0.3 is 19.3 Å². The van der Waals surface area contributed by atoms with E-state index in [1.165, 1.54) is 26.4 Å². The van der Waals surface area contributed by atoms with Crippen LogP contribution in [0.15, 0.2) is 12.1 Å². The van der Waals surface area contributed by atoms with Crippen LogP contribution in [-0.4, -0.2) is 36.2 Å². The van der Waals surface area contributed by atoms with Gasteiger partial charge in [-0.1, -0.05) is 12.8 Å². The number of hydrogen-bond donors (Lipinski definition) is 1. The van der Waals surface area contributed by atoms with Crippen LogP contribution in [0.3, 0.4) is 0 Å². The Morgan fingerprint density at radius 3 is 2.27 bits per heavy atom. The fourth-order valence-electron chi connectivity index (χ4n) is 3.16. The number of hydrogen-bond acceptors (Lipinski definition) is 7. The Hall–Kier alpha value is -2.84. The number of nitrogens with zero attached hydrogens (tertiary/aromatic N) is 1. The molecule has 1 aromatic rings. The van der Waals surface area contributed by atoms with Gasteiger partial charge in [0.1, 0.15) is 6.61 Å². The lowest BCUT2D eigenvalue weighted by atomic mass is 9.79. The molecule has 2 atom stereocenters. The molecule has 0 unspecified atom stereocenters. The zero-order valence-electron chi connectivity index (χ0n) is 14.6. The first kappa shape index (κ1) is 19.5. The second-order valence-electron chi connectivity index (χ2n) is 6.04. The van der Waals surface area contributed by atoms with Crippen LogP contribution in [0.5, 0.6) is 11.5 Å². The molecule has 1 aromatic carbocycles. The molecule has 1 aliphatic rings. The Kier molecular flexibility index (Phi) is 6.37. The van der Waals surface area contributed by atoms with Gasteiger partial charge in [0.2, 0.25) is 0 Å². The van der Waals surface area contributed by atoms with Crippen molar-refractivity contribution in [1.29, 1.82) is 0 Å². The fourth-order valence-corrected chi connectivity index (χ4v) is 3.16. The standard InChI is InChI=1S/C17H21NO8/c1-24-14-7-10(13(18(22)23)8-15(14)25-2)9-26-17(21)12-6-4-3-5-11(12)16(19)20/h7-8,11-12H,3-6,9H2,1-2H3,(H,19,20)/t11-,12-/m1/s1. The van der Waals surface area contributed by atoms with Crippen LogP contribution in [0, 0.1) is 22.0 Å². The minimum absolute atomic E-state index is 0.142. The molecule has 1 N–H and O–H groups in total. The first-order chi connectivity index (χ1) is 12.4. The van der Waals surface area contributed by atoms with Crippen molar-refractivity contribution < 1.29 is 33.8 Å². The van der Waals surface area contributed by atoms with Gasteiger partial charge in [-0.15, -0.1) is 0 Å². The third-order valence-electron chi connectivity index (χ3n) is 4.54. The van der Waals surface area contributed by atoms with Gasteiger partial charge in [-0.05, 0) is 18.9 Å². The van der Waals surface area contributed by atoms with Gasteiger partial charge in [0.05, 0.1) is 42.6 Å². The normalized spacial score (nSPS) is 19.5. The molecule has 1 fully saturated rings. The van der Waals surface area contributed by atoms with Gasteiger partial charge in [-0.3, -0.25) is 19.7 Å². The third-order valence-corrected chi connectivity index (χ3v) is 4.54. The Balaban J connectivity index is 2.18. The van der Waals surface area contributed by atoms with Gasteiger partial charge in [0.15, 0.2) is 11.5 Å². The van der Waals surface area contributed by atoms with Crippen LogP contribution in [0.4, 0.5) is 5.69 Å². The number of esters is 1. The molecule has 0 heterocycles. The van der Waals surface area contributed by atoms with E-state index in [1.54, 1.807) is 0 Å². The first-order valence-electron chi connectivity index (χ1n) is 8.17. The monoisotopic (exact) mass is 367 g/mol. The lowest BCUT2D eigenvalue weighted by molar-refractivity contribution is -0.385. The molecule has 0 radical (unpaired) electrons. The van der Waals surface area contributed by atoms with Crippen molar-refractivity contribution >= 4 is 17.6 Å². The summed E-state index contributed by atoms with van der Waals surface area (Å²) in [7, 11) is 2.75. The summed E-state index contributed by atoms with van der Waals surface area (Å²) < 4.78 is 15.4. The summed E-state index contributed by atoms with van der Waals surface area (Å²) in [5, 5.41) is 20.5. The Bertz CT molecular complexity index is 702. The van der Waals surface area contributed by atoms with Gasteiger partial charge in [0.25, 0.3) is 5.69 Å². The molecule has 9 nitrogen and oxygen atoms in total. The molecule has 1 aliphatic carbocycles. The highest BCUT2D eigenvalue weighted by molar-refractivity contribution is 5.81. The second kappa shape index (κ2) is 8.50. The highest BCUT2D eigenvalue weighted by atomic mass is 16.6. The van der Waals surface area contributed by atoms with E-state index < -0.39 is 28.7 Å². The van der Waals surface area contributed by atoms with Crippen molar-refractivity contribution in [2.24, 2.45) is 11.8 Å². The number of benzene rings is 1. The maximum atomic E-state index is 12.3. The van der Waals surface area contributed by atoms with E-state index in [-0.39, 0.29) is 29.4 Å². The van der Waals surface area contributed by atoms with Crippen LogP contribution in [0.1, 0.15) is 31.2 Å². The van der Waals surface area contributed by atoms with E-state index in [1.807, 2.05) is 0 Å². The number of carboxylic acid groups (broad SMARTS) is 1. The average Bonchev–Trinajstić information content (AvgIpc) is 2.64. The summed E-state index contributed by atoms with van der Waals surface area (Å²) in [6.45, 7) is -0.349. The number of carbonyl (C=O) groups excluding carboxylic acids is 1. The Labute approximate surface area is 150 Å². The summed E-state index contributed by atoms with van der Waals surface area (Å²) in [5.74, 6) is -2.74. The molecule has 1 saturated carbocycles. The molecule has 0 saturated heterocycles. The van der Waals surface area contributed by atoms with E-state index in [9.17, 15) is 24.8 Å². The highest BCUT2D eigenvalue weighted by Gasteiger charge is 2.37. The summed E-state index contributed by atoms with van der Waals surface area (Å²) in [6.07, 6.45) is 2.36. The van der Waals surface area contributed by atoms with Gasteiger partial charge in [-0.25, -0.2) is 0 Å². The maximum Gasteiger partial charge on any atom is 0.310 e. The maximum absolute atomic E-state index is 12.3. The summed E-state index contributed by atoms with van der Waals surface area (Å²) in [4.78, 5) is 34.3. The van der Waals surface area contributed by atoms with Crippen LogP contribution in [-0.2, 0) is 20.9 Å². The zero-order valence-corrected chi connectivity index (χ0v) is 14.6. The van der Waals surface area contributed by atoms with Crippen molar-refractivity contribution in [2.75, 3.05) is 14.2 Å². The minimum atomic E-state index is -1.02. The topological polar surface area (TPSA) is 125 Å². The van der Waals surface area contributed by atoms with Crippen molar-refractivity contribution in [3.05, 3.63) is 27.8 Å². The van der Waals surface area contributed by atoms with Crippen LogP contribution in [0.25, 0.3) is 0 Å². The number of carbonyl (C=O) groups is 2. The van der Waals surface area contributed by atoms with Crippen molar-refractivity contribution in [3.8, 4) is 11.5 Å². The number of methoxy groups -OCH3 is 2.